The smallest absolute Gasteiger partial charge is 0.262 e. The van der Waals surface area contributed by atoms with Gasteiger partial charge in [0.2, 0.25) is 11.8 Å². The summed E-state index contributed by atoms with van der Waals surface area (Å²) in [6.45, 7) is 4.58. The van der Waals surface area contributed by atoms with Crippen LogP contribution in [0.5, 0.6) is 0 Å². The van der Waals surface area contributed by atoms with Crippen LogP contribution in [0.2, 0.25) is 0 Å². The van der Waals surface area contributed by atoms with Gasteiger partial charge in [0, 0.05) is 30.9 Å². The van der Waals surface area contributed by atoms with Crippen molar-refractivity contribution in [2.75, 3.05) is 13.1 Å². The van der Waals surface area contributed by atoms with Crippen LogP contribution in [0, 0.1) is 6.92 Å². The summed E-state index contributed by atoms with van der Waals surface area (Å²) in [6.07, 6.45) is 3.53. The molecule has 1 N–H and O–H groups in total. The van der Waals surface area contributed by atoms with Gasteiger partial charge in [0.25, 0.3) is 11.8 Å². The van der Waals surface area contributed by atoms with E-state index in [1.165, 1.54) is 16.0 Å². The van der Waals surface area contributed by atoms with Crippen LogP contribution in [-0.4, -0.2) is 52.6 Å². The zero-order valence-corrected chi connectivity index (χ0v) is 18.5. The van der Waals surface area contributed by atoms with Crippen molar-refractivity contribution in [1.82, 2.24) is 15.1 Å². The fraction of sp³-hybridized carbons (Fsp3) is 0.333. The molecule has 2 aromatic rings. The number of fused-ring (bicyclic) bond motifs is 1. The Morgan fingerprint density at radius 1 is 1.06 bits per heavy atom. The molecule has 1 aromatic carbocycles. The molecule has 1 fully saturated rings. The zero-order valence-electron chi connectivity index (χ0n) is 17.7. The molecule has 1 unspecified atom stereocenters. The Bertz CT molecular complexity index is 1180. The fourth-order valence-corrected chi connectivity index (χ4v) is 5.64. The summed E-state index contributed by atoms with van der Waals surface area (Å²) in [5.74, 6) is -1.90. The van der Waals surface area contributed by atoms with Crippen LogP contribution in [0.25, 0.3) is 5.57 Å². The molecule has 1 saturated heterocycles. The van der Waals surface area contributed by atoms with Gasteiger partial charge < -0.3 is 0 Å². The second kappa shape index (κ2) is 8.11. The Balaban J connectivity index is 1.30. The van der Waals surface area contributed by atoms with Crippen molar-refractivity contribution < 1.29 is 19.2 Å². The molecule has 0 bridgehead atoms. The highest BCUT2D eigenvalue weighted by molar-refractivity contribution is 7.11. The molecule has 164 valence electrons. The van der Waals surface area contributed by atoms with Gasteiger partial charge in [0.15, 0.2) is 0 Å². The molecule has 0 radical (unpaired) electrons. The van der Waals surface area contributed by atoms with Crippen molar-refractivity contribution in [3.05, 3.63) is 62.9 Å². The van der Waals surface area contributed by atoms with E-state index >= 15 is 0 Å². The molecule has 3 aliphatic heterocycles. The number of thiophene rings is 1. The van der Waals surface area contributed by atoms with Gasteiger partial charge in [0.1, 0.15) is 6.04 Å². The number of carbonyl (C=O) groups excluding carboxylic acids is 4. The summed E-state index contributed by atoms with van der Waals surface area (Å²) < 4.78 is 0. The van der Waals surface area contributed by atoms with Gasteiger partial charge in [-0.15, -0.1) is 11.3 Å². The summed E-state index contributed by atoms with van der Waals surface area (Å²) >= 11 is 1.78. The van der Waals surface area contributed by atoms with Gasteiger partial charge in [-0.05, 0) is 60.0 Å². The SMILES string of the molecule is Cc1ccsc1C1=CCN(Cc2ccc3c(c2)C(=O)N(C2CCC(=O)NC2=O)C3=O)CC1. The van der Waals surface area contributed by atoms with Gasteiger partial charge in [-0.25, -0.2) is 0 Å². The van der Waals surface area contributed by atoms with E-state index in [1.807, 2.05) is 6.07 Å². The second-order valence-electron chi connectivity index (χ2n) is 8.47. The highest BCUT2D eigenvalue weighted by Gasteiger charge is 2.44. The maximum absolute atomic E-state index is 13.0. The summed E-state index contributed by atoms with van der Waals surface area (Å²) in [6, 6.07) is 6.53. The quantitative estimate of drug-likeness (QED) is 0.726. The summed E-state index contributed by atoms with van der Waals surface area (Å²) in [7, 11) is 0. The molecule has 3 aliphatic rings. The predicted molar refractivity (Wildman–Crippen MR) is 120 cm³/mol. The monoisotopic (exact) mass is 449 g/mol. The molecular formula is C24H23N3O4S. The van der Waals surface area contributed by atoms with Gasteiger partial charge in [0.05, 0.1) is 11.1 Å². The van der Waals surface area contributed by atoms with E-state index in [0.717, 1.165) is 30.0 Å². The van der Waals surface area contributed by atoms with Crippen molar-refractivity contribution in [3.8, 4) is 0 Å². The highest BCUT2D eigenvalue weighted by atomic mass is 32.1. The molecule has 0 saturated carbocycles. The number of nitrogens with zero attached hydrogens (tertiary/aromatic N) is 2. The lowest BCUT2D eigenvalue weighted by atomic mass is 10.0. The number of aryl methyl sites for hydroxylation is 1. The molecule has 0 spiro atoms. The number of nitrogens with one attached hydrogen (secondary N) is 1. The largest absolute Gasteiger partial charge is 0.295 e. The van der Waals surface area contributed by atoms with Gasteiger partial charge in [-0.2, -0.15) is 0 Å². The number of hydrogen-bond acceptors (Lipinski definition) is 6. The minimum absolute atomic E-state index is 0.116. The first-order chi connectivity index (χ1) is 15.4. The van der Waals surface area contributed by atoms with E-state index in [9.17, 15) is 19.2 Å². The average molecular weight is 450 g/mol. The molecule has 4 amide bonds. The molecule has 8 heteroatoms. The molecule has 4 heterocycles. The van der Waals surface area contributed by atoms with Crippen LogP contribution in [-0.2, 0) is 16.1 Å². The Labute approximate surface area is 189 Å². The maximum atomic E-state index is 13.0. The van der Waals surface area contributed by atoms with Gasteiger partial charge in [-0.3, -0.25) is 34.3 Å². The Hall–Kier alpha value is -3.10. The lowest BCUT2D eigenvalue weighted by Crippen LogP contribution is -2.54. The van der Waals surface area contributed by atoms with Crippen molar-refractivity contribution in [2.45, 2.75) is 38.8 Å². The molecule has 7 nitrogen and oxygen atoms in total. The third kappa shape index (κ3) is 3.59. The maximum Gasteiger partial charge on any atom is 0.262 e. The van der Waals surface area contributed by atoms with Gasteiger partial charge >= 0.3 is 0 Å². The van der Waals surface area contributed by atoms with Crippen molar-refractivity contribution in [3.63, 3.8) is 0 Å². The molecular weight excluding hydrogens is 426 g/mol. The molecule has 5 rings (SSSR count). The van der Waals surface area contributed by atoms with E-state index in [1.54, 1.807) is 23.5 Å². The van der Waals surface area contributed by atoms with Crippen molar-refractivity contribution >= 4 is 40.5 Å². The van der Waals surface area contributed by atoms with Crippen LogP contribution in [0.15, 0.2) is 35.7 Å². The zero-order chi connectivity index (χ0) is 22.4. The van der Waals surface area contributed by atoms with Crippen molar-refractivity contribution in [1.29, 1.82) is 0 Å². The Morgan fingerprint density at radius 2 is 1.88 bits per heavy atom. The second-order valence-corrected chi connectivity index (χ2v) is 9.39. The summed E-state index contributed by atoms with van der Waals surface area (Å²) in [5.41, 5.74) is 4.32. The summed E-state index contributed by atoms with van der Waals surface area (Å²) in [5, 5.41) is 4.35. The minimum Gasteiger partial charge on any atom is -0.295 e. The molecule has 1 aromatic heterocycles. The third-order valence-corrected chi connectivity index (χ3v) is 7.45. The van der Waals surface area contributed by atoms with Crippen LogP contribution in [0.3, 0.4) is 0 Å². The molecule has 32 heavy (non-hydrogen) atoms. The van der Waals surface area contributed by atoms with Crippen LogP contribution in [0.1, 0.15) is 56.0 Å². The number of piperidine rings is 1. The van der Waals surface area contributed by atoms with E-state index in [2.05, 4.69) is 34.7 Å². The lowest BCUT2D eigenvalue weighted by molar-refractivity contribution is -0.136. The predicted octanol–water partition coefficient (Wildman–Crippen LogP) is 2.75. The highest BCUT2D eigenvalue weighted by Crippen LogP contribution is 2.31. The Morgan fingerprint density at radius 3 is 2.56 bits per heavy atom. The standard InChI is InChI=1S/C24H23N3O4S/c1-14-8-11-32-21(14)16-6-9-26(10-7-16)13-15-2-3-17-18(12-15)24(31)27(23(17)30)19-4-5-20(28)25-22(19)29/h2-3,6,8,11-12,19H,4-5,7,9-10,13H2,1H3,(H,25,28,29). The van der Waals surface area contributed by atoms with Gasteiger partial charge in [-0.1, -0.05) is 12.1 Å². The summed E-state index contributed by atoms with van der Waals surface area (Å²) in [4.78, 5) is 54.2. The number of carbonyl (C=O) groups is 4. The first-order valence-corrected chi connectivity index (χ1v) is 11.6. The minimum atomic E-state index is -0.935. The number of hydrogen-bond donors (Lipinski definition) is 1. The lowest BCUT2D eigenvalue weighted by Gasteiger charge is -2.27. The van der Waals surface area contributed by atoms with Crippen LogP contribution < -0.4 is 5.32 Å². The van der Waals surface area contributed by atoms with E-state index in [4.69, 9.17) is 0 Å². The third-order valence-electron chi connectivity index (χ3n) is 6.36. The number of imide groups is 2. The van der Waals surface area contributed by atoms with E-state index in [-0.39, 0.29) is 18.7 Å². The number of benzene rings is 1. The fourth-order valence-electron chi connectivity index (χ4n) is 4.64. The van der Waals surface area contributed by atoms with E-state index in [0.29, 0.717) is 17.7 Å². The topological polar surface area (TPSA) is 86.8 Å². The molecule has 1 atom stereocenters. The molecule has 0 aliphatic carbocycles. The number of rotatable bonds is 4. The van der Waals surface area contributed by atoms with E-state index < -0.39 is 23.8 Å². The van der Waals surface area contributed by atoms with Crippen LogP contribution in [0.4, 0.5) is 0 Å². The normalized spacial score (nSPS) is 21.6. The first kappa shape index (κ1) is 20.8. The van der Waals surface area contributed by atoms with Crippen LogP contribution >= 0.6 is 11.3 Å². The van der Waals surface area contributed by atoms with Crippen molar-refractivity contribution in [2.24, 2.45) is 0 Å². The Kier molecular flexibility index (Phi) is 5.27. The number of amides is 4. The average Bonchev–Trinajstić information content (AvgIpc) is 3.30. The first-order valence-electron chi connectivity index (χ1n) is 10.7.